The molecule has 0 saturated heterocycles. The van der Waals surface area contributed by atoms with E-state index in [4.69, 9.17) is 39.5 Å². The normalized spacial score (nSPS) is 10.8. The van der Waals surface area contributed by atoms with Gasteiger partial charge in [0.1, 0.15) is 12.4 Å². The van der Waals surface area contributed by atoms with E-state index in [-0.39, 0.29) is 18.4 Å². The van der Waals surface area contributed by atoms with Crippen molar-refractivity contribution in [2.75, 3.05) is 0 Å². The zero-order valence-corrected chi connectivity index (χ0v) is 17.7. The van der Waals surface area contributed by atoms with Gasteiger partial charge in [0.2, 0.25) is 0 Å². The van der Waals surface area contributed by atoms with Crippen LogP contribution in [-0.4, -0.2) is 9.97 Å². The van der Waals surface area contributed by atoms with Gasteiger partial charge in [0, 0.05) is 32.9 Å². The first-order chi connectivity index (χ1) is 14.5. The molecule has 3 nitrogen and oxygen atoms in total. The molecule has 4 aromatic rings. The van der Waals surface area contributed by atoms with Crippen LogP contribution in [-0.2, 0) is 6.61 Å². The molecular weight excluding hydrogens is 446 g/mol. The standard InChI is InChI=1S/C23H14Cl3FN2O/c24-16-6-4-15(5-7-16)22-20(19-9-8-17(25)11-21(19)26)12-28-23(29-22)30-13-14-2-1-3-18(27)10-14/h1-12H,13H2. The predicted octanol–water partition coefficient (Wildman–Crippen LogP) is 7.49. The summed E-state index contributed by atoms with van der Waals surface area (Å²) in [5, 5.41) is 1.63. The first-order valence-corrected chi connectivity index (χ1v) is 10.1. The maximum Gasteiger partial charge on any atom is 0.317 e. The van der Waals surface area contributed by atoms with Crippen molar-refractivity contribution in [1.82, 2.24) is 9.97 Å². The van der Waals surface area contributed by atoms with E-state index in [9.17, 15) is 4.39 Å². The van der Waals surface area contributed by atoms with Crippen molar-refractivity contribution in [2.45, 2.75) is 6.61 Å². The molecule has 4 rings (SSSR count). The fourth-order valence-corrected chi connectivity index (χ4v) is 3.58. The molecular formula is C23H14Cl3FN2O. The lowest BCUT2D eigenvalue weighted by Crippen LogP contribution is -2.02. The van der Waals surface area contributed by atoms with Crippen LogP contribution in [0.2, 0.25) is 15.1 Å². The number of hydrogen-bond donors (Lipinski definition) is 0. The van der Waals surface area contributed by atoms with Crippen molar-refractivity contribution in [2.24, 2.45) is 0 Å². The largest absolute Gasteiger partial charge is 0.459 e. The summed E-state index contributed by atoms with van der Waals surface area (Å²) in [6, 6.07) is 18.8. The Bertz CT molecular complexity index is 1200. The molecule has 0 spiro atoms. The number of rotatable bonds is 5. The molecule has 3 aromatic carbocycles. The summed E-state index contributed by atoms with van der Waals surface area (Å²) in [7, 11) is 0. The molecule has 0 saturated carbocycles. The summed E-state index contributed by atoms with van der Waals surface area (Å²) in [4.78, 5) is 8.90. The van der Waals surface area contributed by atoms with Crippen LogP contribution in [0.25, 0.3) is 22.4 Å². The highest BCUT2D eigenvalue weighted by Crippen LogP contribution is 2.36. The topological polar surface area (TPSA) is 35.0 Å². The Morgan fingerprint density at radius 2 is 1.60 bits per heavy atom. The summed E-state index contributed by atoms with van der Waals surface area (Å²) in [6.07, 6.45) is 1.65. The Hall–Kier alpha value is -2.66. The van der Waals surface area contributed by atoms with Crippen molar-refractivity contribution in [3.8, 4) is 28.4 Å². The fraction of sp³-hybridized carbons (Fsp3) is 0.0435. The zero-order chi connectivity index (χ0) is 21.1. The van der Waals surface area contributed by atoms with Gasteiger partial charge in [0.25, 0.3) is 0 Å². The lowest BCUT2D eigenvalue weighted by Gasteiger charge is -2.13. The molecule has 0 atom stereocenters. The summed E-state index contributed by atoms with van der Waals surface area (Å²) in [6.45, 7) is 0.138. The molecule has 0 aliphatic rings. The van der Waals surface area contributed by atoms with Gasteiger partial charge in [0.05, 0.1) is 10.7 Å². The number of ether oxygens (including phenoxy) is 1. The maximum atomic E-state index is 13.4. The predicted molar refractivity (Wildman–Crippen MR) is 119 cm³/mol. The number of benzene rings is 3. The second-order valence-corrected chi connectivity index (χ2v) is 7.74. The summed E-state index contributed by atoms with van der Waals surface area (Å²) < 4.78 is 19.1. The van der Waals surface area contributed by atoms with Crippen molar-refractivity contribution in [1.29, 1.82) is 0 Å². The van der Waals surface area contributed by atoms with E-state index in [0.717, 1.165) is 16.7 Å². The second-order valence-electron chi connectivity index (χ2n) is 6.46. The average Bonchev–Trinajstić information content (AvgIpc) is 2.73. The third kappa shape index (κ3) is 4.73. The molecule has 1 aromatic heterocycles. The van der Waals surface area contributed by atoms with Crippen LogP contribution in [0.15, 0.2) is 72.9 Å². The summed E-state index contributed by atoms with van der Waals surface area (Å²) in [5.41, 5.74) is 3.58. The van der Waals surface area contributed by atoms with E-state index in [1.807, 2.05) is 18.2 Å². The molecule has 0 bridgehead atoms. The van der Waals surface area contributed by atoms with Gasteiger partial charge in [-0.05, 0) is 42.0 Å². The number of aromatic nitrogens is 2. The molecule has 0 radical (unpaired) electrons. The first kappa shape index (κ1) is 20.6. The summed E-state index contributed by atoms with van der Waals surface area (Å²) in [5.74, 6) is -0.327. The first-order valence-electron chi connectivity index (χ1n) is 8.95. The smallest absolute Gasteiger partial charge is 0.317 e. The maximum absolute atomic E-state index is 13.4. The third-order valence-electron chi connectivity index (χ3n) is 4.36. The minimum atomic E-state index is -0.327. The van der Waals surface area contributed by atoms with Gasteiger partial charge in [-0.25, -0.2) is 9.37 Å². The molecule has 150 valence electrons. The van der Waals surface area contributed by atoms with Gasteiger partial charge < -0.3 is 4.74 Å². The minimum absolute atomic E-state index is 0.138. The van der Waals surface area contributed by atoms with Crippen molar-refractivity contribution >= 4 is 34.8 Å². The lowest BCUT2D eigenvalue weighted by molar-refractivity contribution is 0.280. The Labute approximate surface area is 188 Å². The van der Waals surface area contributed by atoms with E-state index < -0.39 is 0 Å². The van der Waals surface area contributed by atoms with E-state index in [1.54, 1.807) is 42.6 Å². The average molecular weight is 460 g/mol. The van der Waals surface area contributed by atoms with Gasteiger partial charge in [-0.3, -0.25) is 0 Å². The van der Waals surface area contributed by atoms with Gasteiger partial charge in [-0.15, -0.1) is 0 Å². The Morgan fingerprint density at radius 3 is 2.33 bits per heavy atom. The van der Waals surface area contributed by atoms with Gasteiger partial charge in [-0.2, -0.15) is 4.98 Å². The van der Waals surface area contributed by atoms with Crippen molar-refractivity contribution in [3.63, 3.8) is 0 Å². The van der Waals surface area contributed by atoms with Crippen molar-refractivity contribution in [3.05, 3.63) is 99.4 Å². The van der Waals surface area contributed by atoms with Gasteiger partial charge >= 0.3 is 6.01 Å². The Morgan fingerprint density at radius 1 is 0.833 bits per heavy atom. The van der Waals surface area contributed by atoms with E-state index in [1.165, 1.54) is 12.1 Å². The van der Waals surface area contributed by atoms with Crippen LogP contribution < -0.4 is 4.74 Å². The van der Waals surface area contributed by atoms with E-state index >= 15 is 0 Å². The van der Waals surface area contributed by atoms with Crippen LogP contribution in [0, 0.1) is 5.82 Å². The van der Waals surface area contributed by atoms with Crippen molar-refractivity contribution < 1.29 is 9.13 Å². The Kier molecular flexibility index (Phi) is 6.18. The minimum Gasteiger partial charge on any atom is -0.459 e. The van der Waals surface area contributed by atoms with E-state index in [0.29, 0.717) is 26.3 Å². The molecule has 0 N–H and O–H groups in total. The molecule has 0 aliphatic carbocycles. The monoisotopic (exact) mass is 458 g/mol. The second kappa shape index (κ2) is 9.00. The fourth-order valence-electron chi connectivity index (χ4n) is 2.94. The highest BCUT2D eigenvalue weighted by atomic mass is 35.5. The van der Waals surface area contributed by atoms with Crippen LogP contribution in [0.4, 0.5) is 4.39 Å². The molecule has 0 fully saturated rings. The lowest BCUT2D eigenvalue weighted by atomic mass is 10.0. The number of hydrogen-bond acceptors (Lipinski definition) is 3. The quantitative estimate of drug-likeness (QED) is 0.310. The third-order valence-corrected chi connectivity index (χ3v) is 5.16. The highest BCUT2D eigenvalue weighted by molar-refractivity contribution is 6.36. The molecule has 0 unspecified atom stereocenters. The van der Waals surface area contributed by atoms with Gasteiger partial charge in [0.15, 0.2) is 0 Å². The molecule has 7 heteroatoms. The van der Waals surface area contributed by atoms with E-state index in [2.05, 4.69) is 9.97 Å². The highest BCUT2D eigenvalue weighted by Gasteiger charge is 2.15. The van der Waals surface area contributed by atoms with Crippen LogP contribution in [0.3, 0.4) is 0 Å². The van der Waals surface area contributed by atoms with Crippen LogP contribution in [0.1, 0.15) is 5.56 Å². The SMILES string of the molecule is Fc1cccc(COc2ncc(-c3ccc(Cl)cc3Cl)c(-c3ccc(Cl)cc3)n2)c1. The molecule has 1 heterocycles. The molecule has 30 heavy (non-hydrogen) atoms. The molecule has 0 aliphatic heterocycles. The number of nitrogens with zero attached hydrogens (tertiary/aromatic N) is 2. The number of halogens is 4. The zero-order valence-electron chi connectivity index (χ0n) is 15.4. The van der Waals surface area contributed by atoms with Gasteiger partial charge in [-0.1, -0.05) is 65.1 Å². The Balaban J connectivity index is 1.74. The molecule has 0 amide bonds. The van der Waals surface area contributed by atoms with Crippen LogP contribution >= 0.6 is 34.8 Å². The van der Waals surface area contributed by atoms with Crippen LogP contribution in [0.5, 0.6) is 6.01 Å². The summed E-state index contributed by atoms with van der Waals surface area (Å²) >= 11 is 18.5.